The number of hydrogen-bond acceptors (Lipinski definition) is 5. The minimum absolute atomic E-state index is 0.00265. The van der Waals surface area contributed by atoms with Crippen LogP contribution in [0.3, 0.4) is 0 Å². The van der Waals surface area contributed by atoms with E-state index in [1.54, 1.807) is 24.3 Å². The van der Waals surface area contributed by atoms with E-state index in [0.717, 1.165) is 24.8 Å². The van der Waals surface area contributed by atoms with Crippen LogP contribution in [0.5, 0.6) is 17.2 Å². The third-order valence-corrected chi connectivity index (χ3v) is 7.23. The minimum atomic E-state index is -0.548. The van der Waals surface area contributed by atoms with Gasteiger partial charge in [-0.1, -0.05) is 37.3 Å². The lowest BCUT2D eigenvalue weighted by Gasteiger charge is -2.36. The van der Waals surface area contributed by atoms with Gasteiger partial charge in [-0.2, -0.15) is 0 Å². The number of fused-ring (bicyclic) bond motifs is 2. The van der Waals surface area contributed by atoms with Crippen LogP contribution in [-0.4, -0.2) is 37.0 Å². The molecule has 2 amide bonds. The number of nitrogens with zero attached hydrogens (tertiary/aromatic N) is 1. The summed E-state index contributed by atoms with van der Waals surface area (Å²) in [5.74, 6) is 1.18. The van der Waals surface area contributed by atoms with Crippen LogP contribution in [0.25, 0.3) is 0 Å². The number of carbonyl (C=O) groups excluding carboxylic acids is 2. The van der Waals surface area contributed by atoms with Gasteiger partial charge in [-0.05, 0) is 67.1 Å². The first-order valence-electron chi connectivity index (χ1n) is 12.7. The highest BCUT2D eigenvalue weighted by atomic mass is 16.5. The Hall–Kier alpha value is -4.00. The predicted molar refractivity (Wildman–Crippen MR) is 141 cm³/mol. The molecule has 0 spiro atoms. The van der Waals surface area contributed by atoms with E-state index in [1.165, 1.54) is 25.3 Å². The summed E-state index contributed by atoms with van der Waals surface area (Å²) < 4.78 is 17.0. The standard InChI is InChI=1S/C30H32N2O5/c1-4-24-30(34)32(23-12-7-10-19-9-5-6-11-22(19)23)18-20-17-21(15-16-25(20)37-24)31-29(33)28-26(35-2)13-8-14-27(28)36-3/h5-6,8-9,11,13-17,23-24H,4,7,10,12,18H2,1-3H3,(H,31,33)/t23-,24+/m1/s1. The molecule has 3 aromatic rings. The lowest BCUT2D eigenvalue weighted by Crippen LogP contribution is -2.42. The topological polar surface area (TPSA) is 77.1 Å². The molecule has 1 heterocycles. The second-order valence-electron chi connectivity index (χ2n) is 9.40. The molecule has 0 bridgehead atoms. The zero-order valence-electron chi connectivity index (χ0n) is 21.5. The van der Waals surface area contributed by atoms with Gasteiger partial charge in [0.1, 0.15) is 22.8 Å². The fourth-order valence-corrected chi connectivity index (χ4v) is 5.39. The monoisotopic (exact) mass is 500 g/mol. The molecule has 7 nitrogen and oxygen atoms in total. The predicted octanol–water partition coefficient (Wildman–Crippen LogP) is 5.53. The number of rotatable bonds is 6. The number of aryl methyl sites for hydroxylation is 1. The van der Waals surface area contributed by atoms with Crippen molar-refractivity contribution >= 4 is 17.5 Å². The summed E-state index contributed by atoms with van der Waals surface area (Å²) in [4.78, 5) is 28.9. The molecule has 192 valence electrons. The molecule has 1 N–H and O–H groups in total. The van der Waals surface area contributed by atoms with Crippen molar-refractivity contribution in [3.8, 4) is 17.2 Å². The van der Waals surface area contributed by atoms with Crippen LogP contribution in [0.1, 0.15) is 59.3 Å². The van der Waals surface area contributed by atoms with Gasteiger partial charge in [-0.3, -0.25) is 9.59 Å². The van der Waals surface area contributed by atoms with E-state index in [9.17, 15) is 9.59 Å². The van der Waals surface area contributed by atoms with Crippen LogP contribution in [0.4, 0.5) is 5.69 Å². The molecule has 0 aromatic heterocycles. The van der Waals surface area contributed by atoms with Crippen LogP contribution in [-0.2, 0) is 17.8 Å². The first-order valence-corrected chi connectivity index (χ1v) is 12.7. The fourth-order valence-electron chi connectivity index (χ4n) is 5.39. The smallest absolute Gasteiger partial charge is 0.264 e. The molecule has 0 unspecified atom stereocenters. The normalized spacial score (nSPS) is 18.7. The lowest BCUT2D eigenvalue weighted by atomic mass is 9.86. The molecule has 1 aliphatic carbocycles. The fraction of sp³-hybridized carbons (Fsp3) is 0.333. The number of nitrogens with one attached hydrogen (secondary N) is 1. The maximum absolute atomic E-state index is 13.6. The second-order valence-corrected chi connectivity index (χ2v) is 9.40. The SMILES string of the molecule is CC[C@@H]1Oc2ccc(NC(=O)c3c(OC)cccc3OC)cc2CN([C@@H]2CCCc3ccccc32)C1=O. The van der Waals surface area contributed by atoms with Crippen LogP contribution >= 0.6 is 0 Å². The van der Waals surface area contributed by atoms with Gasteiger partial charge >= 0.3 is 0 Å². The lowest BCUT2D eigenvalue weighted by molar-refractivity contribution is -0.141. The summed E-state index contributed by atoms with van der Waals surface area (Å²) in [5.41, 5.74) is 4.30. The minimum Gasteiger partial charge on any atom is -0.496 e. The van der Waals surface area contributed by atoms with Gasteiger partial charge in [-0.25, -0.2) is 0 Å². The Morgan fingerprint density at radius 1 is 1.03 bits per heavy atom. The summed E-state index contributed by atoms with van der Waals surface area (Å²) in [5, 5.41) is 2.97. The maximum Gasteiger partial charge on any atom is 0.264 e. The van der Waals surface area contributed by atoms with Gasteiger partial charge in [0.05, 0.1) is 26.8 Å². The van der Waals surface area contributed by atoms with E-state index in [0.29, 0.717) is 41.5 Å². The number of methoxy groups -OCH3 is 2. The van der Waals surface area contributed by atoms with Crippen molar-refractivity contribution in [2.45, 2.75) is 51.3 Å². The third kappa shape index (κ3) is 4.73. The van der Waals surface area contributed by atoms with Gasteiger partial charge in [0.25, 0.3) is 11.8 Å². The van der Waals surface area contributed by atoms with Crippen LogP contribution in [0.15, 0.2) is 60.7 Å². The van der Waals surface area contributed by atoms with E-state index >= 15 is 0 Å². The first-order chi connectivity index (χ1) is 18.0. The zero-order valence-corrected chi connectivity index (χ0v) is 21.5. The number of amides is 2. The van der Waals surface area contributed by atoms with E-state index in [2.05, 4.69) is 23.5 Å². The average Bonchev–Trinajstić information content (AvgIpc) is 3.07. The number of carbonyl (C=O) groups is 2. The van der Waals surface area contributed by atoms with Crippen LogP contribution < -0.4 is 19.5 Å². The van der Waals surface area contributed by atoms with E-state index in [4.69, 9.17) is 14.2 Å². The van der Waals surface area contributed by atoms with Gasteiger partial charge < -0.3 is 24.4 Å². The number of ether oxygens (including phenoxy) is 3. The number of hydrogen-bond donors (Lipinski definition) is 1. The van der Waals surface area contributed by atoms with Crippen molar-refractivity contribution in [3.05, 3.63) is 82.9 Å². The number of anilines is 1. The Morgan fingerprint density at radius 3 is 2.51 bits per heavy atom. The average molecular weight is 501 g/mol. The van der Waals surface area contributed by atoms with Crippen molar-refractivity contribution in [2.24, 2.45) is 0 Å². The molecular formula is C30H32N2O5. The molecule has 1 aliphatic heterocycles. The molecule has 7 heteroatoms. The first kappa shape index (κ1) is 24.7. The van der Waals surface area contributed by atoms with Crippen molar-refractivity contribution in [3.63, 3.8) is 0 Å². The summed E-state index contributed by atoms with van der Waals surface area (Å²) in [6.07, 6.45) is 3.01. The second kappa shape index (κ2) is 10.5. The zero-order chi connectivity index (χ0) is 25.9. The van der Waals surface area contributed by atoms with Gasteiger partial charge in [0.2, 0.25) is 0 Å². The van der Waals surface area contributed by atoms with Crippen molar-refractivity contribution in [1.82, 2.24) is 4.90 Å². The molecule has 2 atom stereocenters. The largest absolute Gasteiger partial charge is 0.496 e. The van der Waals surface area contributed by atoms with Crippen molar-refractivity contribution in [1.29, 1.82) is 0 Å². The molecule has 0 radical (unpaired) electrons. The Bertz CT molecular complexity index is 1300. The summed E-state index contributed by atoms with van der Waals surface area (Å²) >= 11 is 0. The van der Waals surface area contributed by atoms with Gasteiger partial charge in [-0.15, -0.1) is 0 Å². The molecule has 5 rings (SSSR count). The Morgan fingerprint density at radius 2 is 1.78 bits per heavy atom. The highest BCUT2D eigenvalue weighted by Gasteiger charge is 2.36. The van der Waals surface area contributed by atoms with Crippen molar-refractivity contribution in [2.75, 3.05) is 19.5 Å². The van der Waals surface area contributed by atoms with E-state index in [1.807, 2.05) is 30.0 Å². The van der Waals surface area contributed by atoms with Crippen molar-refractivity contribution < 1.29 is 23.8 Å². The molecule has 0 saturated heterocycles. The summed E-state index contributed by atoms with van der Waals surface area (Å²) in [6, 6.07) is 19.1. The third-order valence-electron chi connectivity index (χ3n) is 7.23. The highest BCUT2D eigenvalue weighted by Crippen LogP contribution is 2.39. The molecule has 0 saturated carbocycles. The van der Waals surface area contributed by atoms with Crippen LogP contribution in [0.2, 0.25) is 0 Å². The number of benzene rings is 3. The van der Waals surface area contributed by atoms with Gasteiger partial charge in [0.15, 0.2) is 6.10 Å². The van der Waals surface area contributed by atoms with E-state index in [-0.39, 0.29) is 17.9 Å². The Balaban J connectivity index is 1.47. The Labute approximate surface area is 217 Å². The molecule has 2 aliphatic rings. The molecule has 3 aromatic carbocycles. The maximum atomic E-state index is 13.6. The van der Waals surface area contributed by atoms with Crippen LogP contribution in [0, 0.1) is 0 Å². The molecular weight excluding hydrogens is 468 g/mol. The summed E-state index contributed by atoms with van der Waals surface area (Å²) in [6.45, 7) is 2.38. The Kier molecular flexibility index (Phi) is 7.04. The van der Waals surface area contributed by atoms with E-state index < -0.39 is 6.10 Å². The summed E-state index contributed by atoms with van der Waals surface area (Å²) in [7, 11) is 3.04. The highest BCUT2D eigenvalue weighted by molar-refractivity contribution is 6.08. The van der Waals surface area contributed by atoms with Gasteiger partial charge in [0, 0.05) is 11.3 Å². The molecule has 37 heavy (non-hydrogen) atoms. The quantitative estimate of drug-likeness (QED) is 0.481. The molecule has 0 fully saturated rings.